The zero-order valence-corrected chi connectivity index (χ0v) is 10.7. The number of aliphatic imine (C=N–C) groups is 1. The number of nitrogens with zero attached hydrogens (tertiary/aromatic N) is 2. The van der Waals surface area contributed by atoms with Gasteiger partial charge < -0.3 is 15.5 Å². The van der Waals surface area contributed by atoms with Gasteiger partial charge in [-0.15, -0.1) is 0 Å². The lowest BCUT2D eigenvalue weighted by Crippen LogP contribution is -2.27. The SMILES string of the molecule is CN(C)CC(=O)Nc1ccc(C2=NCCN2)cc1. The third-order valence-corrected chi connectivity index (χ3v) is 2.58. The summed E-state index contributed by atoms with van der Waals surface area (Å²) in [4.78, 5) is 17.8. The summed E-state index contributed by atoms with van der Waals surface area (Å²) >= 11 is 0. The lowest BCUT2D eigenvalue weighted by molar-refractivity contribution is -0.116. The van der Waals surface area contributed by atoms with Gasteiger partial charge in [0.05, 0.1) is 13.1 Å². The number of carbonyl (C=O) groups is 1. The summed E-state index contributed by atoms with van der Waals surface area (Å²) in [5, 5.41) is 6.07. The van der Waals surface area contributed by atoms with E-state index in [0.717, 1.165) is 30.2 Å². The van der Waals surface area contributed by atoms with Crippen LogP contribution in [0.25, 0.3) is 0 Å². The Labute approximate surface area is 107 Å². The van der Waals surface area contributed by atoms with Crippen molar-refractivity contribution in [2.75, 3.05) is 39.0 Å². The van der Waals surface area contributed by atoms with E-state index in [0.29, 0.717) is 6.54 Å². The smallest absolute Gasteiger partial charge is 0.238 e. The molecule has 1 heterocycles. The zero-order valence-electron chi connectivity index (χ0n) is 10.7. The average molecular weight is 246 g/mol. The predicted molar refractivity (Wildman–Crippen MR) is 73.0 cm³/mol. The van der Waals surface area contributed by atoms with Crippen LogP contribution in [0.1, 0.15) is 5.56 Å². The molecule has 5 nitrogen and oxygen atoms in total. The Balaban J connectivity index is 1.97. The molecule has 0 fully saturated rings. The summed E-state index contributed by atoms with van der Waals surface area (Å²) in [6.45, 7) is 2.11. The van der Waals surface area contributed by atoms with Crippen molar-refractivity contribution in [1.29, 1.82) is 0 Å². The quantitative estimate of drug-likeness (QED) is 0.815. The number of carbonyl (C=O) groups excluding carboxylic acids is 1. The van der Waals surface area contributed by atoms with Crippen molar-refractivity contribution in [1.82, 2.24) is 10.2 Å². The fourth-order valence-electron chi connectivity index (χ4n) is 1.79. The minimum Gasteiger partial charge on any atom is -0.368 e. The molecule has 96 valence electrons. The van der Waals surface area contributed by atoms with Crippen molar-refractivity contribution >= 4 is 17.4 Å². The number of anilines is 1. The van der Waals surface area contributed by atoms with Gasteiger partial charge in [-0.25, -0.2) is 0 Å². The van der Waals surface area contributed by atoms with Gasteiger partial charge in [0.2, 0.25) is 5.91 Å². The van der Waals surface area contributed by atoms with Gasteiger partial charge in [0, 0.05) is 17.8 Å². The Hall–Kier alpha value is -1.88. The van der Waals surface area contributed by atoms with Crippen LogP contribution < -0.4 is 10.6 Å². The Kier molecular flexibility index (Phi) is 3.94. The number of amidine groups is 1. The highest BCUT2D eigenvalue weighted by atomic mass is 16.2. The van der Waals surface area contributed by atoms with Crippen molar-refractivity contribution in [2.24, 2.45) is 4.99 Å². The van der Waals surface area contributed by atoms with Crippen molar-refractivity contribution in [3.05, 3.63) is 29.8 Å². The number of amides is 1. The van der Waals surface area contributed by atoms with Gasteiger partial charge in [0.25, 0.3) is 0 Å². The van der Waals surface area contributed by atoms with Crippen LogP contribution in [0.2, 0.25) is 0 Å². The normalized spacial score (nSPS) is 14.3. The Bertz CT molecular complexity index is 451. The molecule has 0 saturated heterocycles. The average Bonchev–Trinajstić information content (AvgIpc) is 2.82. The molecule has 1 aliphatic heterocycles. The molecule has 2 N–H and O–H groups in total. The molecule has 1 aromatic rings. The second kappa shape index (κ2) is 5.64. The number of hydrogen-bond donors (Lipinski definition) is 2. The van der Waals surface area contributed by atoms with Crippen molar-refractivity contribution < 1.29 is 4.79 Å². The molecule has 0 atom stereocenters. The molecule has 0 spiro atoms. The molecule has 1 aromatic carbocycles. The topological polar surface area (TPSA) is 56.7 Å². The highest BCUT2D eigenvalue weighted by molar-refractivity contribution is 6.00. The molecule has 0 aliphatic carbocycles. The second-order valence-electron chi connectivity index (χ2n) is 4.52. The van der Waals surface area contributed by atoms with E-state index in [9.17, 15) is 4.79 Å². The van der Waals surface area contributed by atoms with Crippen LogP contribution in [0.4, 0.5) is 5.69 Å². The van der Waals surface area contributed by atoms with Gasteiger partial charge in [-0.2, -0.15) is 0 Å². The molecule has 0 bridgehead atoms. The van der Waals surface area contributed by atoms with Gasteiger partial charge in [0.1, 0.15) is 5.84 Å². The molecule has 0 unspecified atom stereocenters. The van der Waals surface area contributed by atoms with Crippen LogP contribution in [0.3, 0.4) is 0 Å². The Morgan fingerprint density at radius 1 is 1.39 bits per heavy atom. The Morgan fingerprint density at radius 2 is 2.11 bits per heavy atom. The maximum atomic E-state index is 11.6. The largest absolute Gasteiger partial charge is 0.368 e. The zero-order chi connectivity index (χ0) is 13.0. The summed E-state index contributed by atoms with van der Waals surface area (Å²) in [7, 11) is 3.74. The van der Waals surface area contributed by atoms with E-state index in [-0.39, 0.29) is 5.91 Å². The lowest BCUT2D eigenvalue weighted by atomic mass is 10.2. The minimum absolute atomic E-state index is 0.0101. The monoisotopic (exact) mass is 246 g/mol. The maximum Gasteiger partial charge on any atom is 0.238 e. The lowest BCUT2D eigenvalue weighted by Gasteiger charge is -2.10. The molecule has 0 radical (unpaired) electrons. The fraction of sp³-hybridized carbons (Fsp3) is 0.385. The maximum absolute atomic E-state index is 11.6. The van der Waals surface area contributed by atoms with Crippen LogP contribution in [0.15, 0.2) is 29.3 Å². The van der Waals surface area contributed by atoms with Crippen LogP contribution in [0.5, 0.6) is 0 Å². The number of benzene rings is 1. The number of rotatable bonds is 4. The molecule has 0 aromatic heterocycles. The molecular weight excluding hydrogens is 228 g/mol. The van der Waals surface area contributed by atoms with E-state index in [1.165, 1.54) is 0 Å². The molecule has 5 heteroatoms. The van der Waals surface area contributed by atoms with E-state index in [1.807, 2.05) is 43.3 Å². The first-order valence-electron chi connectivity index (χ1n) is 5.98. The van der Waals surface area contributed by atoms with Gasteiger partial charge in [0.15, 0.2) is 0 Å². The number of likely N-dealkylation sites (N-methyl/N-ethyl adjacent to an activating group) is 1. The summed E-state index contributed by atoms with van der Waals surface area (Å²) in [6, 6.07) is 7.71. The van der Waals surface area contributed by atoms with Gasteiger partial charge >= 0.3 is 0 Å². The third kappa shape index (κ3) is 3.30. The number of nitrogens with one attached hydrogen (secondary N) is 2. The molecule has 2 rings (SSSR count). The standard InChI is InChI=1S/C13H18N4O/c1-17(2)9-12(18)16-11-5-3-10(4-6-11)13-14-7-8-15-13/h3-6H,7-9H2,1-2H3,(H,14,15)(H,16,18). The summed E-state index contributed by atoms with van der Waals surface area (Å²) < 4.78 is 0. The Morgan fingerprint density at radius 3 is 2.67 bits per heavy atom. The predicted octanol–water partition coefficient (Wildman–Crippen LogP) is 0.536. The molecule has 1 aliphatic rings. The second-order valence-corrected chi connectivity index (χ2v) is 4.52. The summed E-state index contributed by atoms with van der Waals surface area (Å²) in [5.41, 5.74) is 1.86. The van der Waals surface area contributed by atoms with Crippen LogP contribution in [0, 0.1) is 0 Å². The van der Waals surface area contributed by atoms with E-state index in [1.54, 1.807) is 0 Å². The van der Waals surface area contributed by atoms with Gasteiger partial charge in [-0.3, -0.25) is 9.79 Å². The third-order valence-electron chi connectivity index (χ3n) is 2.58. The molecule has 0 saturated carbocycles. The van der Waals surface area contributed by atoms with Crippen molar-refractivity contribution in [3.8, 4) is 0 Å². The highest BCUT2D eigenvalue weighted by Crippen LogP contribution is 2.10. The van der Waals surface area contributed by atoms with Crippen LogP contribution in [-0.4, -0.2) is 50.4 Å². The van der Waals surface area contributed by atoms with E-state index >= 15 is 0 Å². The fourth-order valence-corrected chi connectivity index (χ4v) is 1.79. The first-order valence-corrected chi connectivity index (χ1v) is 5.98. The summed E-state index contributed by atoms with van der Waals surface area (Å²) in [6.07, 6.45) is 0. The van der Waals surface area contributed by atoms with Crippen LogP contribution in [-0.2, 0) is 4.79 Å². The highest BCUT2D eigenvalue weighted by Gasteiger charge is 2.08. The minimum atomic E-state index is -0.0101. The van der Waals surface area contributed by atoms with Gasteiger partial charge in [-0.1, -0.05) is 0 Å². The molecular formula is C13H18N4O. The first-order chi connectivity index (χ1) is 8.65. The van der Waals surface area contributed by atoms with E-state index < -0.39 is 0 Å². The van der Waals surface area contributed by atoms with E-state index in [4.69, 9.17) is 0 Å². The molecule has 1 amide bonds. The van der Waals surface area contributed by atoms with Gasteiger partial charge in [-0.05, 0) is 38.4 Å². The molecule has 18 heavy (non-hydrogen) atoms. The summed E-state index contributed by atoms with van der Waals surface area (Å²) in [5.74, 6) is 0.922. The van der Waals surface area contributed by atoms with Crippen LogP contribution >= 0.6 is 0 Å². The van der Waals surface area contributed by atoms with E-state index in [2.05, 4.69) is 15.6 Å². The van der Waals surface area contributed by atoms with Crippen molar-refractivity contribution in [3.63, 3.8) is 0 Å². The number of hydrogen-bond acceptors (Lipinski definition) is 4. The van der Waals surface area contributed by atoms with Crippen molar-refractivity contribution in [2.45, 2.75) is 0 Å². The first kappa shape index (κ1) is 12.6.